The zero-order chi connectivity index (χ0) is 16.1. The van der Waals surface area contributed by atoms with Gasteiger partial charge in [0.2, 0.25) is 0 Å². The van der Waals surface area contributed by atoms with Crippen molar-refractivity contribution in [2.75, 3.05) is 19.3 Å². The van der Waals surface area contributed by atoms with E-state index in [1.807, 2.05) is 6.26 Å². The quantitative estimate of drug-likeness (QED) is 0.834. The average molecular weight is 326 g/mol. The Labute approximate surface area is 132 Å². The highest BCUT2D eigenvalue weighted by Crippen LogP contribution is 2.21. The summed E-state index contributed by atoms with van der Waals surface area (Å²) in [6.07, 6.45) is 2.84. The molecule has 22 heavy (non-hydrogen) atoms. The standard InChI is InChI=1S/C15H19FN2O3S/c1-22-13-3-2-12(16)8-11(13)9-17-15(21)18-6-4-10(5-7-18)14(19)20/h2-3,8,10H,4-7,9H2,1H3,(H,17,21)(H,19,20). The number of carboxylic acid groups (broad SMARTS) is 1. The maximum Gasteiger partial charge on any atom is 0.317 e. The highest BCUT2D eigenvalue weighted by atomic mass is 32.2. The Bertz CT molecular complexity index is 560. The molecule has 0 radical (unpaired) electrons. The molecule has 1 saturated heterocycles. The minimum atomic E-state index is -0.801. The van der Waals surface area contributed by atoms with Crippen LogP contribution in [0.1, 0.15) is 18.4 Å². The molecule has 0 aromatic heterocycles. The van der Waals surface area contributed by atoms with Gasteiger partial charge in [0.05, 0.1) is 5.92 Å². The second-order valence-corrected chi connectivity index (χ2v) is 6.06. The zero-order valence-electron chi connectivity index (χ0n) is 12.3. The summed E-state index contributed by atoms with van der Waals surface area (Å²) >= 11 is 1.50. The second kappa shape index (κ2) is 7.49. The van der Waals surface area contributed by atoms with E-state index in [0.29, 0.717) is 25.9 Å². The highest BCUT2D eigenvalue weighted by Gasteiger charge is 2.26. The Kier molecular flexibility index (Phi) is 5.65. The van der Waals surface area contributed by atoms with Crippen LogP contribution in [0.2, 0.25) is 0 Å². The molecule has 1 aromatic carbocycles. The molecule has 1 heterocycles. The number of likely N-dealkylation sites (tertiary alicyclic amines) is 1. The number of rotatable bonds is 4. The number of piperidine rings is 1. The van der Waals surface area contributed by atoms with Crippen LogP contribution >= 0.6 is 11.8 Å². The average Bonchev–Trinajstić information content (AvgIpc) is 2.52. The Morgan fingerprint density at radius 3 is 2.68 bits per heavy atom. The van der Waals surface area contributed by atoms with E-state index in [1.54, 1.807) is 11.0 Å². The molecule has 1 aromatic rings. The van der Waals surface area contributed by atoms with Gasteiger partial charge in [-0.1, -0.05) is 0 Å². The smallest absolute Gasteiger partial charge is 0.317 e. The third-order valence-corrected chi connectivity index (χ3v) is 4.64. The SMILES string of the molecule is CSc1ccc(F)cc1CNC(=O)N1CCC(C(=O)O)CC1. The Morgan fingerprint density at radius 2 is 2.09 bits per heavy atom. The van der Waals surface area contributed by atoms with Crippen LogP contribution in [0.5, 0.6) is 0 Å². The number of carbonyl (C=O) groups excluding carboxylic acids is 1. The number of urea groups is 1. The first-order chi connectivity index (χ1) is 10.5. The Hall–Kier alpha value is -1.76. The molecule has 1 fully saturated rings. The minimum absolute atomic E-state index is 0.236. The van der Waals surface area contributed by atoms with Gasteiger partial charge in [-0.15, -0.1) is 11.8 Å². The molecule has 0 atom stereocenters. The van der Waals surface area contributed by atoms with E-state index in [0.717, 1.165) is 10.5 Å². The maximum atomic E-state index is 13.3. The number of halogens is 1. The number of carbonyl (C=O) groups is 2. The molecule has 1 aliphatic heterocycles. The van der Waals surface area contributed by atoms with Crippen LogP contribution in [-0.4, -0.2) is 41.4 Å². The largest absolute Gasteiger partial charge is 0.481 e. The van der Waals surface area contributed by atoms with E-state index in [9.17, 15) is 14.0 Å². The molecule has 1 aliphatic rings. The molecule has 2 N–H and O–H groups in total. The first-order valence-corrected chi connectivity index (χ1v) is 8.31. The van der Waals surface area contributed by atoms with Crippen LogP contribution in [0.3, 0.4) is 0 Å². The van der Waals surface area contributed by atoms with E-state index in [4.69, 9.17) is 5.11 Å². The lowest BCUT2D eigenvalue weighted by Crippen LogP contribution is -2.45. The van der Waals surface area contributed by atoms with E-state index >= 15 is 0 Å². The van der Waals surface area contributed by atoms with E-state index in [2.05, 4.69) is 5.32 Å². The molecule has 0 spiro atoms. The van der Waals surface area contributed by atoms with Crippen molar-refractivity contribution in [2.24, 2.45) is 5.92 Å². The summed E-state index contributed by atoms with van der Waals surface area (Å²) in [6.45, 7) is 1.12. The molecule has 0 saturated carbocycles. The molecule has 120 valence electrons. The minimum Gasteiger partial charge on any atom is -0.481 e. The van der Waals surface area contributed by atoms with Crippen LogP contribution in [0.15, 0.2) is 23.1 Å². The van der Waals surface area contributed by atoms with Crippen LogP contribution < -0.4 is 5.32 Å². The number of hydrogen-bond acceptors (Lipinski definition) is 3. The lowest BCUT2D eigenvalue weighted by Gasteiger charge is -2.30. The van der Waals surface area contributed by atoms with Gasteiger partial charge in [0.15, 0.2) is 0 Å². The van der Waals surface area contributed by atoms with Gasteiger partial charge in [-0.25, -0.2) is 9.18 Å². The van der Waals surface area contributed by atoms with Gasteiger partial charge in [0.1, 0.15) is 5.82 Å². The zero-order valence-corrected chi connectivity index (χ0v) is 13.2. The highest BCUT2D eigenvalue weighted by molar-refractivity contribution is 7.98. The van der Waals surface area contributed by atoms with Crippen LogP contribution in [0.4, 0.5) is 9.18 Å². The monoisotopic (exact) mass is 326 g/mol. The van der Waals surface area contributed by atoms with Crippen molar-refractivity contribution >= 4 is 23.8 Å². The Balaban J connectivity index is 1.88. The van der Waals surface area contributed by atoms with Crippen molar-refractivity contribution in [1.82, 2.24) is 10.2 Å². The summed E-state index contributed by atoms with van der Waals surface area (Å²) in [5.41, 5.74) is 0.737. The van der Waals surface area contributed by atoms with Crippen molar-refractivity contribution in [3.63, 3.8) is 0 Å². The molecule has 0 aliphatic carbocycles. The first kappa shape index (κ1) is 16.6. The molecule has 7 heteroatoms. The molecule has 2 amide bonds. The fraction of sp³-hybridized carbons (Fsp3) is 0.467. The molecular formula is C15H19FN2O3S. The van der Waals surface area contributed by atoms with Gasteiger partial charge in [0, 0.05) is 24.5 Å². The lowest BCUT2D eigenvalue weighted by atomic mass is 9.97. The number of thioether (sulfide) groups is 1. The topological polar surface area (TPSA) is 69.6 Å². The number of benzene rings is 1. The van der Waals surface area contributed by atoms with Crippen molar-refractivity contribution in [3.05, 3.63) is 29.6 Å². The normalized spacial score (nSPS) is 15.6. The summed E-state index contributed by atoms with van der Waals surface area (Å²) in [5.74, 6) is -1.50. The van der Waals surface area contributed by atoms with Gasteiger partial charge < -0.3 is 15.3 Å². The maximum absolute atomic E-state index is 13.3. The summed E-state index contributed by atoms with van der Waals surface area (Å²) in [4.78, 5) is 25.5. The predicted molar refractivity (Wildman–Crippen MR) is 82.3 cm³/mol. The summed E-state index contributed by atoms with van der Waals surface area (Å²) in [5, 5.41) is 11.7. The van der Waals surface area contributed by atoms with Gasteiger partial charge in [-0.05, 0) is 42.9 Å². The molecule has 2 rings (SSSR count). The molecule has 0 unspecified atom stereocenters. The number of nitrogens with one attached hydrogen (secondary N) is 1. The lowest BCUT2D eigenvalue weighted by molar-refractivity contribution is -0.143. The second-order valence-electron chi connectivity index (χ2n) is 5.21. The van der Waals surface area contributed by atoms with Gasteiger partial charge >= 0.3 is 12.0 Å². The van der Waals surface area contributed by atoms with Crippen LogP contribution in [0, 0.1) is 11.7 Å². The predicted octanol–water partition coefficient (Wildman–Crippen LogP) is 2.55. The third kappa shape index (κ3) is 4.13. The van der Waals surface area contributed by atoms with Crippen molar-refractivity contribution in [3.8, 4) is 0 Å². The van der Waals surface area contributed by atoms with Gasteiger partial charge in [-0.2, -0.15) is 0 Å². The van der Waals surface area contributed by atoms with Gasteiger partial charge in [-0.3, -0.25) is 4.79 Å². The molecule has 5 nitrogen and oxygen atoms in total. The van der Waals surface area contributed by atoms with Crippen molar-refractivity contribution in [2.45, 2.75) is 24.3 Å². The first-order valence-electron chi connectivity index (χ1n) is 7.09. The van der Waals surface area contributed by atoms with Crippen molar-refractivity contribution < 1.29 is 19.1 Å². The van der Waals surface area contributed by atoms with Crippen LogP contribution in [-0.2, 0) is 11.3 Å². The van der Waals surface area contributed by atoms with E-state index in [-0.39, 0.29) is 24.3 Å². The van der Waals surface area contributed by atoms with E-state index in [1.165, 1.54) is 23.9 Å². The summed E-state index contributed by atoms with van der Waals surface area (Å²) < 4.78 is 13.3. The summed E-state index contributed by atoms with van der Waals surface area (Å²) in [6, 6.07) is 4.27. The number of carboxylic acids is 1. The van der Waals surface area contributed by atoms with E-state index < -0.39 is 5.97 Å². The number of amides is 2. The fourth-order valence-corrected chi connectivity index (χ4v) is 3.09. The Morgan fingerprint density at radius 1 is 1.41 bits per heavy atom. The molecular weight excluding hydrogens is 307 g/mol. The van der Waals surface area contributed by atoms with Gasteiger partial charge in [0.25, 0.3) is 0 Å². The molecule has 0 bridgehead atoms. The fourth-order valence-electron chi connectivity index (χ4n) is 2.50. The van der Waals surface area contributed by atoms with Crippen molar-refractivity contribution in [1.29, 1.82) is 0 Å². The van der Waals surface area contributed by atoms with Crippen LogP contribution in [0.25, 0.3) is 0 Å². The number of hydrogen-bond donors (Lipinski definition) is 2. The third-order valence-electron chi connectivity index (χ3n) is 3.80. The number of nitrogens with zero attached hydrogens (tertiary/aromatic N) is 1. The number of aliphatic carboxylic acids is 1. The summed E-state index contributed by atoms with van der Waals surface area (Å²) in [7, 11) is 0.